The van der Waals surface area contributed by atoms with E-state index in [4.69, 9.17) is 16.3 Å². The van der Waals surface area contributed by atoms with Gasteiger partial charge in [-0.05, 0) is 50.6 Å². The van der Waals surface area contributed by atoms with Crippen LogP contribution in [0, 0.1) is 0 Å². The molecule has 0 aromatic heterocycles. The van der Waals surface area contributed by atoms with Gasteiger partial charge in [0.25, 0.3) is 0 Å². The van der Waals surface area contributed by atoms with Crippen molar-refractivity contribution in [3.8, 4) is 5.75 Å². The largest absolute Gasteiger partial charge is 0.488 e. The lowest BCUT2D eigenvalue weighted by molar-refractivity contribution is 0.131. The van der Waals surface area contributed by atoms with Crippen LogP contribution < -0.4 is 9.64 Å². The molecule has 0 amide bonds. The Morgan fingerprint density at radius 3 is 2.16 bits per heavy atom. The Labute approximate surface area is 156 Å². The van der Waals surface area contributed by atoms with E-state index in [9.17, 15) is 0 Å². The summed E-state index contributed by atoms with van der Waals surface area (Å²) in [6, 6.07) is 16.6. The molecule has 4 heteroatoms. The number of hydrogen-bond donors (Lipinski definition) is 0. The average molecular weight is 359 g/mol. The monoisotopic (exact) mass is 358 g/mol. The lowest BCUT2D eigenvalue weighted by Gasteiger charge is -2.36. The average Bonchev–Trinajstić information content (AvgIpc) is 2.57. The van der Waals surface area contributed by atoms with Crippen LogP contribution in [0.1, 0.15) is 26.3 Å². The number of hydrogen-bond acceptors (Lipinski definition) is 3. The Morgan fingerprint density at radius 1 is 0.920 bits per heavy atom. The van der Waals surface area contributed by atoms with Gasteiger partial charge in [-0.3, -0.25) is 4.90 Å². The number of para-hydroxylation sites is 1. The second-order valence-electron chi connectivity index (χ2n) is 7.57. The third kappa shape index (κ3) is 5.13. The van der Waals surface area contributed by atoms with Gasteiger partial charge in [0.05, 0.1) is 10.7 Å². The molecule has 0 bridgehead atoms. The molecule has 0 radical (unpaired) electrons. The van der Waals surface area contributed by atoms with Crippen molar-refractivity contribution in [1.29, 1.82) is 0 Å². The van der Waals surface area contributed by atoms with E-state index in [-0.39, 0.29) is 5.60 Å². The summed E-state index contributed by atoms with van der Waals surface area (Å²) in [4.78, 5) is 4.87. The minimum absolute atomic E-state index is 0.156. The van der Waals surface area contributed by atoms with Crippen LogP contribution in [0.15, 0.2) is 48.5 Å². The normalized spacial score (nSPS) is 16.1. The lowest BCUT2D eigenvalue weighted by Crippen LogP contribution is -2.46. The molecule has 1 fully saturated rings. The molecule has 2 aromatic carbocycles. The van der Waals surface area contributed by atoms with Crippen molar-refractivity contribution in [2.75, 3.05) is 31.1 Å². The molecular weight excluding hydrogens is 332 g/mol. The molecule has 25 heavy (non-hydrogen) atoms. The first kappa shape index (κ1) is 18.1. The third-order valence-electron chi connectivity index (χ3n) is 4.32. The van der Waals surface area contributed by atoms with E-state index in [1.54, 1.807) is 0 Å². The van der Waals surface area contributed by atoms with Crippen molar-refractivity contribution in [3.05, 3.63) is 59.1 Å². The van der Waals surface area contributed by atoms with Crippen molar-refractivity contribution in [2.45, 2.75) is 32.9 Å². The van der Waals surface area contributed by atoms with Gasteiger partial charge in [0.2, 0.25) is 0 Å². The zero-order valence-corrected chi connectivity index (χ0v) is 16.1. The Hall–Kier alpha value is -1.71. The zero-order valence-electron chi connectivity index (χ0n) is 15.3. The van der Waals surface area contributed by atoms with E-state index in [0.29, 0.717) is 0 Å². The van der Waals surface area contributed by atoms with Gasteiger partial charge in [-0.2, -0.15) is 0 Å². The summed E-state index contributed by atoms with van der Waals surface area (Å²) in [7, 11) is 0. The number of benzene rings is 2. The van der Waals surface area contributed by atoms with Crippen LogP contribution in [0.4, 0.5) is 5.69 Å². The van der Waals surface area contributed by atoms with Crippen molar-refractivity contribution in [3.63, 3.8) is 0 Å². The maximum absolute atomic E-state index is 6.32. The van der Waals surface area contributed by atoms with Gasteiger partial charge in [-0.25, -0.2) is 0 Å². The number of halogens is 1. The predicted octanol–water partition coefficient (Wildman–Crippen LogP) is 4.84. The number of ether oxygens (including phenoxy) is 1. The number of nitrogens with zero attached hydrogens (tertiary/aromatic N) is 2. The molecule has 2 aromatic rings. The predicted molar refractivity (Wildman–Crippen MR) is 106 cm³/mol. The van der Waals surface area contributed by atoms with Crippen LogP contribution in [0.2, 0.25) is 5.02 Å². The SMILES string of the molecule is CC(C)(C)Oc1ccc(CN2CCN(c3ccccc3Cl)CC2)cc1. The molecule has 1 aliphatic rings. The summed E-state index contributed by atoms with van der Waals surface area (Å²) in [6.45, 7) is 11.3. The highest BCUT2D eigenvalue weighted by Gasteiger charge is 2.19. The first-order valence-electron chi connectivity index (χ1n) is 8.90. The summed E-state index contributed by atoms with van der Waals surface area (Å²) < 4.78 is 5.89. The van der Waals surface area contributed by atoms with E-state index < -0.39 is 0 Å². The molecular formula is C21H27ClN2O. The lowest BCUT2D eigenvalue weighted by atomic mass is 10.1. The second kappa shape index (κ2) is 7.67. The van der Waals surface area contributed by atoms with Gasteiger partial charge in [0.15, 0.2) is 0 Å². The first-order valence-corrected chi connectivity index (χ1v) is 9.28. The fourth-order valence-corrected chi connectivity index (χ4v) is 3.38. The maximum atomic E-state index is 6.32. The molecule has 0 unspecified atom stereocenters. The van der Waals surface area contributed by atoms with Gasteiger partial charge in [-0.15, -0.1) is 0 Å². The fourth-order valence-electron chi connectivity index (χ4n) is 3.13. The summed E-state index contributed by atoms with van der Waals surface area (Å²) in [6.07, 6.45) is 0. The van der Waals surface area contributed by atoms with E-state index in [2.05, 4.69) is 67.0 Å². The molecule has 134 valence electrons. The summed E-state index contributed by atoms with van der Waals surface area (Å²) in [5.74, 6) is 0.930. The Morgan fingerprint density at radius 2 is 1.56 bits per heavy atom. The molecule has 0 spiro atoms. The van der Waals surface area contributed by atoms with Crippen LogP contribution in [0.5, 0.6) is 5.75 Å². The highest BCUT2D eigenvalue weighted by atomic mass is 35.5. The van der Waals surface area contributed by atoms with E-state index >= 15 is 0 Å². The van der Waals surface area contributed by atoms with Crippen LogP contribution in [0.3, 0.4) is 0 Å². The van der Waals surface area contributed by atoms with E-state index in [1.807, 2.05) is 12.1 Å². The Balaban J connectivity index is 1.53. The quantitative estimate of drug-likeness (QED) is 0.777. The van der Waals surface area contributed by atoms with Crippen LogP contribution in [-0.4, -0.2) is 36.7 Å². The van der Waals surface area contributed by atoms with Gasteiger partial charge in [0.1, 0.15) is 11.4 Å². The molecule has 1 saturated heterocycles. The minimum atomic E-state index is -0.156. The number of piperazine rings is 1. The highest BCUT2D eigenvalue weighted by Crippen LogP contribution is 2.26. The van der Waals surface area contributed by atoms with E-state index in [0.717, 1.165) is 49.2 Å². The zero-order chi connectivity index (χ0) is 17.9. The smallest absolute Gasteiger partial charge is 0.120 e. The van der Waals surface area contributed by atoms with Crippen molar-refractivity contribution < 1.29 is 4.74 Å². The molecule has 0 N–H and O–H groups in total. The fraction of sp³-hybridized carbons (Fsp3) is 0.429. The number of anilines is 1. The standard InChI is InChI=1S/C21H27ClN2O/c1-21(2,3)25-18-10-8-17(9-11-18)16-23-12-14-24(15-13-23)20-7-5-4-6-19(20)22/h4-11H,12-16H2,1-3H3. The molecule has 0 aliphatic carbocycles. The van der Waals surface area contributed by atoms with Crippen LogP contribution in [0.25, 0.3) is 0 Å². The maximum Gasteiger partial charge on any atom is 0.120 e. The first-order chi connectivity index (χ1) is 11.9. The molecule has 0 saturated carbocycles. The molecule has 3 nitrogen and oxygen atoms in total. The molecule has 0 atom stereocenters. The topological polar surface area (TPSA) is 15.7 Å². The van der Waals surface area contributed by atoms with Gasteiger partial charge < -0.3 is 9.64 Å². The van der Waals surface area contributed by atoms with E-state index in [1.165, 1.54) is 5.56 Å². The number of rotatable bonds is 4. The Kier molecular flexibility index (Phi) is 5.55. The van der Waals surface area contributed by atoms with Gasteiger partial charge >= 0.3 is 0 Å². The second-order valence-corrected chi connectivity index (χ2v) is 7.98. The molecule has 1 aliphatic heterocycles. The third-order valence-corrected chi connectivity index (χ3v) is 4.64. The summed E-state index contributed by atoms with van der Waals surface area (Å²) >= 11 is 6.32. The van der Waals surface area contributed by atoms with Crippen molar-refractivity contribution in [2.24, 2.45) is 0 Å². The summed E-state index contributed by atoms with van der Waals surface area (Å²) in [5.41, 5.74) is 2.32. The van der Waals surface area contributed by atoms with Crippen molar-refractivity contribution in [1.82, 2.24) is 4.90 Å². The highest BCUT2D eigenvalue weighted by molar-refractivity contribution is 6.33. The van der Waals surface area contributed by atoms with Gasteiger partial charge in [-0.1, -0.05) is 35.9 Å². The minimum Gasteiger partial charge on any atom is -0.488 e. The van der Waals surface area contributed by atoms with Crippen LogP contribution >= 0.6 is 11.6 Å². The molecule has 3 rings (SSSR count). The van der Waals surface area contributed by atoms with Gasteiger partial charge in [0, 0.05) is 32.7 Å². The van der Waals surface area contributed by atoms with Crippen molar-refractivity contribution >= 4 is 17.3 Å². The van der Waals surface area contributed by atoms with Crippen LogP contribution in [-0.2, 0) is 6.54 Å². The summed E-state index contributed by atoms with van der Waals surface area (Å²) in [5, 5.41) is 0.838. The molecule has 1 heterocycles. The Bertz CT molecular complexity index is 686.